The second-order valence-electron chi connectivity index (χ2n) is 19.1. The summed E-state index contributed by atoms with van der Waals surface area (Å²) in [7, 11) is 4.41. The topological polar surface area (TPSA) is 144 Å². The van der Waals surface area contributed by atoms with Crippen LogP contribution in [0.4, 0.5) is 102 Å². The number of nitrogens with two attached hydrogens (primary N) is 1. The number of aryl methyl sites for hydroxylation is 1. The predicted octanol–water partition coefficient (Wildman–Crippen LogP) is 20.0. The Morgan fingerprint density at radius 3 is 1.43 bits per heavy atom. The Balaban J connectivity index is 0.000000178. The van der Waals surface area contributed by atoms with Gasteiger partial charge in [0.05, 0.1) is 73.9 Å². The number of benzene rings is 3. The van der Waals surface area contributed by atoms with Gasteiger partial charge in [-0.2, -0.15) is 79.0 Å². The van der Waals surface area contributed by atoms with Crippen molar-refractivity contribution in [2.24, 2.45) is 7.05 Å². The molecule has 4 N–H and O–H groups in total. The minimum atomic E-state index is -4.71. The molecule has 7 heterocycles. The Morgan fingerprint density at radius 2 is 0.967 bits per heavy atom. The molecule has 0 aliphatic heterocycles. The number of aromatic nitrogens is 5. The van der Waals surface area contributed by atoms with Crippen LogP contribution in [0, 0.1) is 0 Å². The van der Waals surface area contributed by atoms with E-state index in [1.807, 2.05) is 20.8 Å². The number of halogens is 18. The number of fused-ring (bicyclic) bond motifs is 4. The number of amides is 2. The van der Waals surface area contributed by atoms with Crippen molar-refractivity contribution in [1.82, 2.24) is 24.5 Å². The highest BCUT2D eigenvalue weighted by Gasteiger charge is 2.38. The first-order valence-electron chi connectivity index (χ1n) is 26.2. The van der Waals surface area contributed by atoms with Crippen LogP contribution in [0.25, 0.3) is 52.0 Å². The molecule has 0 aliphatic rings. The lowest BCUT2D eigenvalue weighted by Gasteiger charge is -2.19. The summed E-state index contributed by atoms with van der Waals surface area (Å²) in [4.78, 5) is 44.2. The largest absolute Gasteiger partial charge is 0.433 e. The number of pyridine rings is 3. The van der Waals surface area contributed by atoms with Crippen LogP contribution in [0.1, 0.15) is 73.9 Å². The molecule has 92 heavy (non-hydrogen) atoms. The summed E-state index contributed by atoms with van der Waals surface area (Å²) in [5, 5.41) is 6.72. The van der Waals surface area contributed by atoms with Crippen LogP contribution in [-0.2, 0) is 44.1 Å². The van der Waals surface area contributed by atoms with E-state index in [9.17, 15) is 88.6 Å². The van der Waals surface area contributed by atoms with E-state index in [2.05, 4.69) is 30.6 Å². The van der Waals surface area contributed by atoms with E-state index in [-0.39, 0.29) is 47.4 Å². The van der Waals surface area contributed by atoms with E-state index in [0.29, 0.717) is 76.3 Å². The normalized spacial score (nSPS) is 12.5. The molecule has 0 saturated carbocycles. The zero-order valence-electron chi connectivity index (χ0n) is 47.6. The molecule has 3 aromatic carbocycles. The van der Waals surface area contributed by atoms with Gasteiger partial charge in [-0.15, -0.1) is 69.3 Å². The third kappa shape index (κ3) is 15.4. The summed E-state index contributed by atoms with van der Waals surface area (Å²) in [6, 6.07) is 12.2. The molecule has 0 spiro atoms. The maximum atomic E-state index is 13.1. The third-order valence-corrected chi connectivity index (χ3v) is 19.9. The molecule has 11 nitrogen and oxygen atoms in total. The van der Waals surface area contributed by atoms with Crippen LogP contribution in [0.15, 0.2) is 106 Å². The number of carbonyl (C=O) groups excluding carboxylic acids is 2. The summed E-state index contributed by atoms with van der Waals surface area (Å²) in [5.74, 6) is 0.824. The fourth-order valence-electron chi connectivity index (χ4n) is 8.75. The van der Waals surface area contributed by atoms with Gasteiger partial charge in [-0.05, 0) is 71.9 Å². The molecule has 0 bridgehead atoms. The van der Waals surface area contributed by atoms with Crippen molar-refractivity contribution in [2.45, 2.75) is 72.5 Å². The molecule has 0 atom stereocenters. The lowest BCUT2D eigenvalue weighted by atomic mass is 10.1. The van der Waals surface area contributed by atoms with Crippen molar-refractivity contribution < 1.29 is 88.6 Å². The summed E-state index contributed by atoms with van der Waals surface area (Å²) < 4.78 is 237. The fourth-order valence-corrected chi connectivity index (χ4v) is 15.7. The zero-order valence-corrected chi connectivity index (χ0v) is 52.5. The van der Waals surface area contributed by atoms with E-state index in [4.69, 9.17) is 5.73 Å². The molecule has 490 valence electrons. The van der Waals surface area contributed by atoms with Gasteiger partial charge in [-0.25, -0.2) is 19.9 Å². The highest BCUT2D eigenvalue weighted by Crippen LogP contribution is 2.48. The molecule has 0 fully saturated rings. The standard InChI is InChI=1S/2C19H15F6N3OS2.C19H13F6N3S2/c1-3-30-15-10-5-4-9(18(20,21)22)6-13(10)31-16(15)17(29)28(2)12-8-27-14(7-11(12)26)19(23,24)25;1-3-30-15-10-5-4-9(18(20,21)22)6-13(10)31-16(15)17(29)28-11-7-14(19(23,24)25)27-8-12(11)26-2;1-3-29-15-10-5-4-9(18(20,21)22)6-13(10)30-16(15)17-27-11-7-14(19(23,24)25)26-8-12(11)28(17)2/h4-8H,3H2,1-2H3,(H2,26,27);4-8,26H,3H2,1-2H3,(H,27,28,29);4-8H,3H2,1-2H3. The Hall–Kier alpha value is -7.21. The lowest BCUT2D eigenvalue weighted by molar-refractivity contribution is -0.141. The SMILES string of the molecule is CCSc1c(-c2nc3cc(C(F)(F)F)ncc3n2C)sc2cc(C(F)(F)F)ccc12.CCSc1c(C(=O)N(C)c2cnc(C(F)(F)F)cc2N)sc2cc(C(F)(F)F)ccc12.CCSc1c(C(=O)Nc2cc(C(F)(F)F)ncc2NC)sc2cc(C(F)(F)F)ccc12. The number of imidazole rings is 1. The van der Waals surface area contributed by atoms with Crippen molar-refractivity contribution in [3.8, 4) is 10.7 Å². The number of nitrogen functional groups attached to an aromatic ring is 1. The third-order valence-electron chi connectivity index (χ3n) is 13.0. The van der Waals surface area contributed by atoms with Gasteiger partial charge in [0, 0.05) is 66.1 Å². The Kier molecular flexibility index (Phi) is 20.8. The number of nitrogens with zero attached hydrogens (tertiary/aromatic N) is 6. The molecule has 10 rings (SSSR count). The number of carbonyl (C=O) groups is 2. The summed E-state index contributed by atoms with van der Waals surface area (Å²) in [5.41, 5.74) is 0.0497. The zero-order chi connectivity index (χ0) is 68.0. The van der Waals surface area contributed by atoms with Gasteiger partial charge in [-0.3, -0.25) is 9.59 Å². The van der Waals surface area contributed by atoms with Gasteiger partial charge in [0.15, 0.2) is 5.82 Å². The van der Waals surface area contributed by atoms with Crippen LogP contribution in [0.5, 0.6) is 0 Å². The molecule has 7 aromatic heterocycles. The highest BCUT2D eigenvalue weighted by molar-refractivity contribution is 8.00. The molecule has 10 aromatic rings. The Morgan fingerprint density at radius 1 is 0.543 bits per heavy atom. The minimum absolute atomic E-state index is 0.0427. The smallest absolute Gasteiger partial charge is 0.397 e. The van der Waals surface area contributed by atoms with Gasteiger partial charge < -0.3 is 25.8 Å². The van der Waals surface area contributed by atoms with Gasteiger partial charge in [0.2, 0.25) is 0 Å². The number of nitrogens with one attached hydrogen (secondary N) is 2. The highest BCUT2D eigenvalue weighted by atomic mass is 32.2. The average molecular weight is 1420 g/mol. The molecule has 0 radical (unpaired) electrons. The van der Waals surface area contributed by atoms with Gasteiger partial charge in [0.25, 0.3) is 11.8 Å². The first-order valence-corrected chi connectivity index (χ1v) is 31.6. The second-order valence-corrected chi connectivity index (χ2v) is 26.0. The summed E-state index contributed by atoms with van der Waals surface area (Å²) >= 11 is 6.89. The molecular weight excluding hydrogens is 1380 g/mol. The Bertz CT molecular complexity index is 4390. The van der Waals surface area contributed by atoms with Crippen molar-refractivity contribution in [3.05, 3.63) is 135 Å². The van der Waals surface area contributed by atoms with Crippen molar-refractivity contribution in [1.29, 1.82) is 0 Å². The molecule has 35 heteroatoms. The maximum absolute atomic E-state index is 13.1. The number of thioether (sulfide) groups is 3. The molecule has 2 amide bonds. The average Bonchev–Trinajstić information content (AvgIpc) is 1.61. The molecule has 0 saturated heterocycles. The van der Waals surface area contributed by atoms with E-state index in [1.165, 1.54) is 67.6 Å². The first-order chi connectivity index (χ1) is 42.8. The van der Waals surface area contributed by atoms with Crippen LogP contribution in [0.2, 0.25) is 0 Å². The number of thiophene rings is 3. The molecule has 0 aliphatic carbocycles. The van der Waals surface area contributed by atoms with E-state index in [0.717, 1.165) is 105 Å². The van der Waals surface area contributed by atoms with Gasteiger partial charge in [-0.1, -0.05) is 39.0 Å². The van der Waals surface area contributed by atoms with Crippen LogP contribution < -0.4 is 21.3 Å². The van der Waals surface area contributed by atoms with Gasteiger partial charge >= 0.3 is 37.1 Å². The van der Waals surface area contributed by atoms with Crippen LogP contribution in [0.3, 0.4) is 0 Å². The van der Waals surface area contributed by atoms with Gasteiger partial charge in [0.1, 0.15) is 26.8 Å². The van der Waals surface area contributed by atoms with E-state index in [1.54, 1.807) is 11.6 Å². The summed E-state index contributed by atoms with van der Waals surface area (Å²) in [6.07, 6.45) is -24.6. The monoisotopic (exact) mass is 1420 g/mol. The number of hydrogen-bond donors (Lipinski definition) is 3. The molecular formula is C57H43F18N9O2S6. The second kappa shape index (κ2) is 27.0. The first kappa shape index (κ1) is 70.7. The van der Waals surface area contributed by atoms with Crippen molar-refractivity contribution in [3.63, 3.8) is 0 Å². The van der Waals surface area contributed by atoms with E-state index < -0.39 is 82.6 Å². The summed E-state index contributed by atoms with van der Waals surface area (Å²) in [6.45, 7) is 5.56. The van der Waals surface area contributed by atoms with E-state index >= 15 is 0 Å². The van der Waals surface area contributed by atoms with Crippen LogP contribution >= 0.6 is 69.3 Å². The molecule has 0 unspecified atom stereocenters. The van der Waals surface area contributed by atoms with Crippen molar-refractivity contribution >= 4 is 145 Å². The fraction of sp³-hybridized carbons (Fsp3) is 0.263. The lowest BCUT2D eigenvalue weighted by Crippen LogP contribution is -2.27. The predicted molar refractivity (Wildman–Crippen MR) is 325 cm³/mol. The maximum Gasteiger partial charge on any atom is 0.433 e. The number of rotatable bonds is 12. The number of hydrogen-bond acceptors (Lipinski definition) is 14. The number of alkyl halides is 18. The van der Waals surface area contributed by atoms with Crippen molar-refractivity contribution in [2.75, 3.05) is 52.6 Å². The Labute approximate surface area is 533 Å². The number of anilines is 4. The quantitative estimate of drug-likeness (QED) is 0.0794. The van der Waals surface area contributed by atoms with Crippen LogP contribution in [-0.4, -0.2) is 67.7 Å². The minimum Gasteiger partial charge on any atom is -0.397 e.